The molecule has 1 heterocycles. The van der Waals surface area contributed by atoms with Crippen molar-refractivity contribution in [2.75, 3.05) is 13.7 Å². The first kappa shape index (κ1) is 23.4. The van der Waals surface area contributed by atoms with Crippen molar-refractivity contribution >= 4 is 37.4 Å². The number of hydrogen-bond donors (Lipinski definition) is 0. The second kappa shape index (κ2) is 9.88. The Bertz CT molecular complexity index is 1060. The molecule has 0 N–H and O–H groups in total. The fourth-order valence-electron chi connectivity index (χ4n) is 2.75. The SMILES string of the molecule is COC(=O)COc1ccc([As]Cc2sc(-c3ccc(C(F)(F)F)cc3)nc2C)cc1C. The predicted molar refractivity (Wildman–Crippen MR) is 115 cm³/mol. The Morgan fingerprint density at radius 1 is 1.13 bits per heavy atom. The van der Waals surface area contributed by atoms with E-state index >= 15 is 0 Å². The summed E-state index contributed by atoms with van der Waals surface area (Å²) >= 11 is 1.36. The first-order valence-electron chi connectivity index (χ1n) is 9.29. The standard InChI is InChI=1S/C22H20AsF3NO3S/c1-13-10-17(8-9-18(13)30-12-20(28)29-3)23-11-19-14(2)27-21(31-19)15-4-6-16(7-5-15)22(24,25)26/h4-10H,11-12H2,1-3H3. The third kappa shape index (κ3) is 6.11. The van der Waals surface area contributed by atoms with Gasteiger partial charge in [0.05, 0.1) is 0 Å². The number of halogens is 3. The van der Waals surface area contributed by atoms with Crippen molar-refractivity contribution in [3.63, 3.8) is 0 Å². The molecule has 0 fully saturated rings. The van der Waals surface area contributed by atoms with Gasteiger partial charge in [0.2, 0.25) is 0 Å². The van der Waals surface area contributed by atoms with Crippen LogP contribution in [0.2, 0.25) is 0 Å². The Kier molecular flexibility index (Phi) is 7.44. The molecule has 2 aromatic carbocycles. The number of benzene rings is 2. The molecule has 0 saturated heterocycles. The minimum atomic E-state index is -4.34. The molecule has 3 rings (SSSR count). The molecule has 1 radical (unpaired) electrons. The van der Waals surface area contributed by atoms with Gasteiger partial charge in [-0.2, -0.15) is 0 Å². The molecule has 0 spiro atoms. The van der Waals surface area contributed by atoms with Crippen LogP contribution in [0.4, 0.5) is 13.2 Å². The third-order valence-corrected chi connectivity index (χ3v) is 8.51. The summed E-state index contributed by atoms with van der Waals surface area (Å²) in [7, 11) is 1.32. The van der Waals surface area contributed by atoms with Crippen LogP contribution in [0.25, 0.3) is 10.6 Å². The van der Waals surface area contributed by atoms with Gasteiger partial charge in [-0.25, -0.2) is 0 Å². The summed E-state index contributed by atoms with van der Waals surface area (Å²) in [6, 6.07) is 11.0. The molecule has 163 valence electrons. The zero-order valence-electron chi connectivity index (χ0n) is 17.1. The van der Waals surface area contributed by atoms with Gasteiger partial charge in [0.25, 0.3) is 0 Å². The average molecular weight is 510 g/mol. The van der Waals surface area contributed by atoms with Crippen molar-refractivity contribution in [3.05, 3.63) is 64.2 Å². The van der Waals surface area contributed by atoms with Crippen molar-refractivity contribution in [1.82, 2.24) is 4.98 Å². The molecule has 3 aromatic rings. The number of thiazole rings is 1. The molecule has 0 aliphatic heterocycles. The number of aryl methyl sites for hydroxylation is 2. The fraction of sp³-hybridized carbons (Fsp3) is 0.273. The third-order valence-electron chi connectivity index (χ3n) is 4.49. The second-order valence-electron chi connectivity index (χ2n) is 6.73. The summed E-state index contributed by atoms with van der Waals surface area (Å²) in [5, 5.41) is 1.59. The van der Waals surface area contributed by atoms with Crippen LogP contribution in [0, 0.1) is 13.8 Å². The number of esters is 1. The predicted octanol–water partition coefficient (Wildman–Crippen LogP) is 4.53. The van der Waals surface area contributed by atoms with E-state index in [1.807, 2.05) is 26.0 Å². The number of carbonyl (C=O) groups excluding carboxylic acids is 1. The molecule has 0 unspecified atom stereocenters. The van der Waals surface area contributed by atoms with Gasteiger partial charge in [0, 0.05) is 0 Å². The molecule has 31 heavy (non-hydrogen) atoms. The van der Waals surface area contributed by atoms with Gasteiger partial charge in [-0.1, -0.05) is 0 Å². The summed E-state index contributed by atoms with van der Waals surface area (Å²) in [5.41, 5.74) is 1.88. The number of alkyl halides is 3. The molecule has 1 aromatic heterocycles. The van der Waals surface area contributed by atoms with E-state index < -0.39 is 17.7 Å². The molecule has 0 aliphatic rings. The van der Waals surface area contributed by atoms with Crippen molar-refractivity contribution in [2.45, 2.75) is 25.2 Å². The summed E-state index contributed by atoms with van der Waals surface area (Å²) in [6.07, 6.45) is -4.34. The van der Waals surface area contributed by atoms with Gasteiger partial charge in [-0.3, -0.25) is 0 Å². The number of hydrogen-bond acceptors (Lipinski definition) is 5. The summed E-state index contributed by atoms with van der Waals surface area (Å²) in [5.74, 6) is 0.216. The van der Waals surface area contributed by atoms with E-state index in [1.54, 1.807) is 0 Å². The van der Waals surface area contributed by atoms with Crippen LogP contribution in [0.5, 0.6) is 5.75 Å². The van der Waals surface area contributed by atoms with E-state index in [4.69, 9.17) is 4.74 Å². The number of rotatable bonds is 7. The molecule has 0 amide bonds. The Labute approximate surface area is 189 Å². The van der Waals surface area contributed by atoms with Gasteiger partial charge < -0.3 is 0 Å². The normalized spacial score (nSPS) is 11.8. The van der Waals surface area contributed by atoms with Gasteiger partial charge in [-0.15, -0.1) is 0 Å². The molecule has 0 atom stereocenters. The molecule has 0 aliphatic carbocycles. The first-order valence-corrected chi connectivity index (χ1v) is 12.4. The zero-order chi connectivity index (χ0) is 22.6. The van der Waals surface area contributed by atoms with Crippen molar-refractivity contribution < 1.29 is 27.4 Å². The summed E-state index contributed by atoms with van der Waals surface area (Å²) < 4.78 is 49.5. The van der Waals surface area contributed by atoms with Crippen molar-refractivity contribution in [1.29, 1.82) is 0 Å². The zero-order valence-corrected chi connectivity index (χ0v) is 19.8. The van der Waals surface area contributed by atoms with E-state index in [0.717, 1.165) is 38.5 Å². The van der Waals surface area contributed by atoms with Crippen molar-refractivity contribution in [2.24, 2.45) is 0 Å². The average Bonchev–Trinajstić information content (AvgIpc) is 3.11. The Morgan fingerprint density at radius 2 is 1.84 bits per heavy atom. The summed E-state index contributed by atoms with van der Waals surface area (Å²) in [4.78, 5) is 16.9. The van der Waals surface area contributed by atoms with Crippen LogP contribution in [0.15, 0.2) is 42.5 Å². The number of aromatic nitrogens is 1. The monoisotopic (exact) mass is 510 g/mol. The number of carbonyl (C=O) groups is 1. The quantitative estimate of drug-likeness (QED) is 0.347. The topological polar surface area (TPSA) is 48.4 Å². The number of nitrogens with zero attached hydrogens (tertiary/aromatic N) is 1. The molecular formula is C22H20AsF3NO3S. The number of ether oxygens (including phenoxy) is 2. The summed E-state index contributed by atoms with van der Waals surface area (Å²) in [6.45, 7) is 3.73. The second-order valence-corrected chi connectivity index (χ2v) is 10.2. The van der Waals surface area contributed by atoms with E-state index in [1.165, 1.54) is 34.9 Å². The van der Waals surface area contributed by atoms with Crippen LogP contribution >= 0.6 is 11.3 Å². The number of methoxy groups -OCH3 is 1. The van der Waals surface area contributed by atoms with E-state index in [-0.39, 0.29) is 22.4 Å². The molecule has 0 saturated carbocycles. The Balaban J connectivity index is 1.66. The maximum atomic E-state index is 12.8. The van der Waals surface area contributed by atoms with Gasteiger partial charge in [0.15, 0.2) is 0 Å². The van der Waals surface area contributed by atoms with E-state index in [9.17, 15) is 18.0 Å². The molecule has 9 heteroatoms. The van der Waals surface area contributed by atoms with Crippen LogP contribution in [0.1, 0.15) is 21.7 Å². The van der Waals surface area contributed by atoms with Gasteiger partial charge in [0.1, 0.15) is 0 Å². The molecule has 4 nitrogen and oxygen atoms in total. The molecular weight excluding hydrogens is 490 g/mol. The Hall–Kier alpha value is -2.31. The fourth-order valence-corrected chi connectivity index (χ4v) is 6.56. The maximum absolute atomic E-state index is 12.8. The van der Waals surface area contributed by atoms with E-state index in [0.29, 0.717) is 11.3 Å². The van der Waals surface area contributed by atoms with Crippen LogP contribution in [0.3, 0.4) is 0 Å². The van der Waals surface area contributed by atoms with Gasteiger partial charge in [-0.05, 0) is 0 Å². The first-order chi connectivity index (χ1) is 14.7. The van der Waals surface area contributed by atoms with Crippen molar-refractivity contribution in [3.8, 4) is 16.3 Å². The van der Waals surface area contributed by atoms with Crippen LogP contribution < -0.4 is 9.09 Å². The Morgan fingerprint density at radius 3 is 2.45 bits per heavy atom. The van der Waals surface area contributed by atoms with Gasteiger partial charge >= 0.3 is 189 Å². The van der Waals surface area contributed by atoms with E-state index in [2.05, 4.69) is 15.8 Å². The van der Waals surface area contributed by atoms with Crippen LogP contribution in [-0.4, -0.2) is 40.4 Å². The molecule has 0 bridgehead atoms. The minimum absolute atomic E-state index is 0.128. The van der Waals surface area contributed by atoms with Crippen LogP contribution in [-0.2, 0) is 20.9 Å².